The van der Waals surface area contributed by atoms with Crippen LogP contribution in [-0.4, -0.2) is 12.5 Å². The number of fused-ring (bicyclic) bond motifs is 1. The van der Waals surface area contributed by atoms with Crippen LogP contribution < -0.4 is 15.4 Å². The van der Waals surface area contributed by atoms with E-state index < -0.39 is 0 Å². The standard InChI is InChI=1S/C18H20N2O2/c1-13-2-6-17(7-3-13)22-12-18(21)20-9-14-4-5-15-10-19-11-16(15)8-14/h2-8,19H,9-12H2,1H3,(H,20,21). The summed E-state index contributed by atoms with van der Waals surface area (Å²) in [5.41, 5.74) is 4.95. The van der Waals surface area contributed by atoms with Gasteiger partial charge in [-0.25, -0.2) is 0 Å². The van der Waals surface area contributed by atoms with Gasteiger partial charge in [0.15, 0.2) is 6.61 Å². The average Bonchev–Trinajstić information content (AvgIpc) is 3.00. The monoisotopic (exact) mass is 296 g/mol. The van der Waals surface area contributed by atoms with Crippen LogP contribution in [0.15, 0.2) is 42.5 Å². The van der Waals surface area contributed by atoms with Crippen molar-refractivity contribution in [2.45, 2.75) is 26.6 Å². The Morgan fingerprint density at radius 3 is 2.73 bits per heavy atom. The molecule has 0 aromatic heterocycles. The topological polar surface area (TPSA) is 50.4 Å². The molecule has 0 atom stereocenters. The van der Waals surface area contributed by atoms with Gasteiger partial charge in [0, 0.05) is 19.6 Å². The van der Waals surface area contributed by atoms with Gasteiger partial charge in [0.05, 0.1) is 0 Å². The maximum absolute atomic E-state index is 11.8. The highest BCUT2D eigenvalue weighted by molar-refractivity contribution is 5.77. The van der Waals surface area contributed by atoms with Crippen molar-refractivity contribution in [3.8, 4) is 5.75 Å². The summed E-state index contributed by atoms with van der Waals surface area (Å²) < 4.78 is 5.46. The van der Waals surface area contributed by atoms with Gasteiger partial charge < -0.3 is 15.4 Å². The van der Waals surface area contributed by atoms with Crippen LogP contribution in [0.2, 0.25) is 0 Å². The molecule has 4 heteroatoms. The van der Waals surface area contributed by atoms with Crippen LogP contribution in [0.4, 0.5) is 0 Å². The summed E-state index contributed by atoms with van der Waals surface area (Å²) in [4.78, 5) is 11.8. The van der Waals surface area contributed by atoms with Gasteiger partial charge in [-0.2, -0.15) is 0 Å². The van der Waals surface area contributed by atoms with Crippen molar-refractivity contribution < 1.29 is 9.53 Å². The van der Waals surface area contributed by atoms with Crippen molar-refractivity contribution in [2.24, 2.45) is 0 Å². The molecule has 4 nitrogen and oxygen atoms in total. The van der Waals surface area contributed by atoms with Gasteiger partial charge in [-0.15, -0.1) is 0 Å². The number of benzene rings is 2. The van der Waals surface area contributed by atoms with Crippen molar-refractivity contribution in [1.29, 1.82) is 0 Å². The molecule has 0 fully saturated rings. The highest BCUT2D eigenvalue weighted by atomic mass is 16.5. The van der Waals surface area contributed by atoms with E-state index in [1.807, 2.05) is 31.2 Å². The fourth-order valence-electron chi connectivity index (χ4n) is 2.49. The van der Waals surface area contributed by atoms with E-state index in [4.69, 9.17) is 4.74 Å². The summed E-state index contributed by atoms with van der Waals surface area (Å²) in [6, 6.07) is 14.0. The van der Waals surface area contributed by atoms with Crippen LogP contribution in [0.3, 0.4) is 0 Å². The summed E-state index contributed by atoms with van der Waals surface area (Å²) in [7, 11) is 0. The molecule has 2 aromatic carbocycles. The molecule has 114 valence electrons. The molecule has 0 radical (unpaired) electrons. The van der Waals surface area contributed by atoms with Gasteiger partial charge in [-0.05, 0) is 35.7 Å². The summed E-state index contributed by atoms with van der Waals surface area (Å²) in [6.07, 6.45) is 0. The molecule has 2 N–H and O–H groups in total. The second kappa shape index (κ2) is 6.62. The first-order chi connectivity index (χ1) is 10.7. The number of amides is 1. The molecule has 3 rings (SSSR count). The minimum absolute atomic E-state index is 0.0373. The largest absolute Gasteiger partial charge is 0.484 e. The zero-order valence-corrected chi connectivity index (χ0v) is 12.7. The quantitative estimate of drug-likeness (QED) is 0.890. The van der Waals surface area contributed by atoms with E-state index >= 15 is 0 Å². The Balaban J connectivity index is 1.47. The predicted molar refractivity (Wildman–Crippen MR) is 85.5 cm³/mol. The maximum atomic E-state index is 11.8. The fraction of sp³-hybridized carbons (Fsp3) is 0.278. The van der Waals surface area contributed by atoms with Gasteiger partial charge >= 0.3 is 0 Å². The van der Waals surface area contributed by atoms with E-state index in [9.17, 15) is 4.79 Å². The molecule has 0 spiro atoms. The molecule has 0 saturated carbocycles. The van der Waals surface area contributed by atoms with Gasteiger partial charge in [-0.3, -0.25) is 4.79 Å². The molecule has 2 aromatic rings. The van der Waals surface area contributed by atoms with E-state index in [0.29, 0.717) is 12.3 Å². The fourth-order valence-corrected chi connectivity index (χ4v) is 2.49. The lowest BCUT2D eigenvalue weighted by molar-refractivity contribution is -0.123. The second-order valence-electron chi connectivity index (χ2n) is 5.59. The first-order valence-electron chi connectivity index (χ1n) is 7.48. The Morgan fingerprint density at radius 1 is 1.14 bits per heavy atom. The highest BCUT2D eigenvalue weighted by Gasteiger charge is 2.10. The van der Waals surface area contributed by atoms with Crippen molar-refractivity contribution in [1.82, 2.24) is 10.6 Å². The van der Waals surface area contributed by atoms with Crippen molar-refractivity contribution in [3.05, 3.63) is 64.7 Å². The van der Waals surface area contributed by atoms with Crippen LogP contribution in [0.5, 0.6) is 5.75 Å². The van der Waals surface area contributed by atoms with Crippen molar-refractivity contribution in [3.63, 3.8) is 0 Å². The van der Waals surface area contributed by atoms with Gasteiger partial charge in [-0.1, -0.05) is 35.9 Å². The number of rotatable bonds is 5. The number of ether oxygens (including phenoxy) is 1. The number of carbonyl (C=O) groups excluding carboxylic acids is 1. The Labute approximate surface area is 130 Å². The normalized spacial score (nSPS) is 12.8. The lowest BCUT2D eigenvalue weighted by Crippen LogP contribution is -2.28. The number of hydrogen-bond donors (Lipinski definition) is 2. The molecule has 0 saturated heterocycles. The first-order valence-corrected chi connectivity index (χ1v) is 7.48. The predicted octanol–water partition coefficient (Wildman–Crippen LogP) is 2.29. The molecule has 0 bridgehead atoms. The minimum atomic E-state index is -0.112. The molecule has 1 aliphatic heterocycles. The van der Waals surface area contributed by atoms with Crippen LogP contribution in [-0.2, 0) is 24.4 Å². The van der Waals surface area contributed by atoms with Gasteiger partial charge in [0.25, 0.3) is 5.91 Å². The molecular weight excluding hydrogens is 276 g/mol. The lowest BCUT2D eigenvalue weighted by Gasteiger charge is -2.09. The summed E-state index contributed by atoms with van der Waals surface area (Å²) in [5, 5.41) is 6.20. The van der Waals surface area contributed by atoms with E-state index in [2.05, 4.69) is 28.8 Å². The second-order valence-corrected chi connectivity index (χ2v) is 5.59. The van der Waals surface area contributed by atoms with Gasteiger partial charge in [0.1, 0.15) is 5.75 Å². The SMILES string of the molecule is Cc1ccc(OCC(=O)NCc2ccc3c(c2)CNC3)cc1. The molecule has 0 aliphatic carbocycles. The smallest absolute Gasteiger partial charge is 0.258 e. The maximum Gasteiger partial charge on any atom is 0.258 e. The average molecular weight is 296 g/mol. The number of carbonyl (C=O) groups is 1. The lowest BCUT2D eigenvalue weighted by atomic mass is 10.1. The molecule has 0 unspecified atom stereocenters. The van der Waals surface area contributed by atoms with Crippen molar-refractivity contribution in [2.75, 3.05) is 6.61 Å². The zero-order chi connectivity index (χ0) is 15.4. The molecule has 22 heavy (non-hydrogen) atoms. The summed E-state index contributed by atoms with van der Waals surface area (Å²) in [5.74, 6) is 0.601. The van der Waals surface area contributed by atoms with Crippen LogP contribution in [0.25, 0.3) is 0 Å². The van der Waals surface area contributed by atoms with E-state index in [-0.39, 0.29) is 12.5 Å². The number of aryl methyl sites for hydroxylation is 1. The van der Waals surface area contributed by atoms with E-state index in [0.717, 1.165) is 18.7 Å². The third-order valence-electron chi connectivity index (χ3n) is 3.78. The van der Waals surface area contributed by atoms with Crippen molar-refractivity contribution >= 4 is 5.91 Å². The Kier molecular flexibility index (Phi) is 4.39. The number of hydrogen-bond acceptors (Lipinski definition) is 3. The third-order valence-corrected chi connectivity index (χ3v) is 3.78. The Bertz CT molecular complexity index is 665. The zero-order valence-electron chi connectivity index (χ0n) is 12.7. The molecule has 1 heterocycles. The number of nitrogens with one attached hydrogen (secondary N) is 2. The Hall–Kier alpha value is -2.33. The third kappa shape index (κ3) is 3.65. The highest BCUT2D eigenvalue weighted by Crippen LogP contribution is 2.17. The van der Waals surface area contributed by atoms with Crippen LogP contribution >= 0.6 is 0 Å². The van der Waals surface area contributed by atoms with E-state index in [1.54, 1.807) is 0 Å². The first kappa shape index (κ1) is 14.6. The molecular formula is C18H20N2O2. The summed E-state index contributed by atoms with van der Waals surface area (Å²) in [6.45, 7) is 4.43. The van der Waals surface area contributed by atoms with Crippen LogP contribution in [0, 0.1) is 6.92 Å². The van der Waals surface area contributed by atoms with E-state index in [1.165, 1.54) is 16.7 Å². The van der Waals surface area contributed by atoms with Gasteiger partial charge in [0.2, 0.25) is 0 Å². The van der Waals surface area contributed by atoms with Crippen LogP contribution in [0.1, 0.15) is 22.3 Å². The molecule has 1 amide bonds. The molecule has 1 aliphatic rings. The summed E-state index contributed by atoms with van der Waals surface area (Å²) >= 11 is 0. The minimum Gasteiger partial charge on any atom is -0.484 e. The Morgan fingerprint density at radius 2 is 1.91 bits per heavy atom.